The number of hydrogen-bond acceptors (Lipinski definition) is 6. The number of fused-ring (bicyclic) bond motifs is 1. The minimum atomic E-state index is -3.94. The van der Waals surface area contributed by atoms with Gasteiger partial charge in [-0.05, 0) is 42.7 Å². The van der Waals surface area contributed by atoms with Gasteiger partial charge in [-0.15, -0.1) is 5.10 Å². The Morgan fingerprint density at radius 2 is 1.79 bits per heavy atom. The van der Waals surface area contributed by atoms with E-state index in [1.165, 1.54) is 22.5 Å². The second-order valence-electron chi connectivity index (χ2n) is 8.11. The topological polar surface area (TPSA) is 114 Å². The fraction of sp³-hybridized carbons (Fsp3) is 0.273. The van der Waals surface area contributed by atoms with Crippen LogP contribution in [0.25, 0.3) is 11.2 Å². The molecule has 1 N–H and O–H groups in total. The lowest BCUT2D eigenvalue weighted by molar-refractivity contribution is 0.312. The molecule has 12 heteroatoms. The summed E-state index contributed by atoms with van der Waals surface area (Å²) < 4.78 is 42.6. The van der Waals surface area contributed by atoms with Gasteiger partial charge in [0.15, 0.2) is 11.2 Å². The molecule has 0 amide bonds. The van der Waals surface area contributed by atoms with Gasteiger partial charge in [0.25, 0.3) is 5.56 Å². The van der Waals surface area contributed by atoms with Gasteiger partial charge >= 0.3 is 0 Å². The number of halogens is 2. The van der Waals surface area contributed by atoms with E-state index in [9.17, 15) is 17.6 Å². The number of aromatic nitrogens is 5. The Balaban J connectivity index is 1.37. The van der Waals surface area contributed by atoms with E-state index >= 15 is 0 Å². The van der Waals surface area contributed by atoms with Gasteiger partial charge < -0.3 is 4.98 Å². The first-order valence-electron chi connectivity index (χ1n) is 10.7. The van der Waals surface area contributed by atoms with Crippen molar-refractivity contribution in [2.75, 3.05) is 13.1 Å². The molecule has 0 aliphatic carbocycles. The summed E-state index contributed by atoms with van der Waals surface area (Å²) in [6, 6.07) is 12.6. The Morgan fingerprint density at radius 1 is 1.09 bits per heavy atom. The summed E-state index contributed by atoms with van der Waals surface area (Å²) in [5.74, 6) is -0.481. The van der Waals surface area contributed by atoms with E-state index in [0.29, 0.717) is 35.9 Å². The van der Waals surface area contributed by atoms with E-state index in [-0.39, 0.29) is 29.4 Å². The number of benzene rings is 2. The molecule has 0 bridgehead atoms. The van der Waals surface area contributed by atoms with Crippen LogP contribution in [-0.4, -0.2) is 50.8 Å². The molecule has 1 aliphatic heterocycles. The number of rotatable bonds is 5. The van der Waals surface area contributed by atoms with Crippen molar-refractivity contribution in [1.82, 2.24) is 29.3 Å². The fourth-order valence-corrected chi connectivity index (χ4v) is 5.77. The highest BCUT2D eigenvalue weighted by Crippen LogP contribution is 2.29. The summed E-state index contributed by atoms with van der Waals surface area (Å²) in [7, 11) is -3.94. The Morgan fingerprint density at radius 3 is 2.50 bits per heavy atom. The maximum atomic E-state index is 14.1. The van der Waals surface area contributed by atoms with Gasteiger partial charge in [-0.25, -0.2) is 22.5 Å². The average Bonchev–Trinajstić information content (AvgIpc) is 3.24. The first kappa shape index (κ1) is 22.6. The number of piperidine rings is 1. The standard InChI is InChI=1S/C22H20ClFN6O3S/c23-16-7-5-14(6-8-16)13-30-21-19(27-28-30)22(31)26-20(25-21)15-9-11-29(12-10-15)34(32,33)18-4-2-1-3-17(18)24/h1-8,15H,9-13H2,(H,25,26,31). The smallest absolute Gasteiger partial charge is 0.281 e. The van der Waals surface area contributed by atoms with Crippen molar-refractivity contribution in [2.45, 2.75) is 30.2 Å². The van der Waals surface area contributed by atoms with E-state index in [2.05, 4.69) is 20.3 Å². The second kappa shape index (κ2) is 8.90. The Kier molecular flexibility index (Phi) is 5.92. The van der Waals surface area contributed by atoms with Crippen molar-refractivity contribution in [3.8, 4) is 0 Å². The zero-order chi connectivity index (χ0) is 23.9. The van der Waals surface area contributed by atoms with Gasteiger partial charge in [0.1, 0.15) is 16.5 Å². The first-order valence-corrected chi connectivity index (χ1v) is 12.5. The van der Waals surface area contributed by atoms with Crippen molar-refractivity contribution in [3.05, 3.63) is 81.1 Å². The lowest BCUT2D eigenvalue weighted by Crippen LogP contribution is -2.38. The summed E-state index contributed by atoms with van der Waals surface area (Å²) in [6.07, 6.45) is 0.863. The lowest BCUT2D eigenvalue weighted by atomic mass is 9.97. The molecule has 1 saturated heterocycles. The predicted octanol–water partition coefficient (Wildman–Crippen LogP) is 2.92. The highest BCUT2D eigenvalue weighted by molar-refractivity contribution is 7.89. The highest BCUT2D eigenvalue weighted by Gasteiger charge is 2.32. The third-order valence-corrected chi connectivity index (χ3v) is 8.12. The number of aromatic amines is 1. The summed E-state index contributed by atoms with van der Waals surface area (Å²) in [4.78, 5) is 19.7. The first-order chi connectivity index (χ1) is 16.3. The van der Waals surface area contributed by atoms with E-state index in [1.54, 1.807) is 16.8 Å². The summed E-state index contributed by atoms with van der Waals surface area (Å²) in [5, 5.41) is 8.65. The molecule has 0 saturated carbocycles. The lowest BCUT2D eigenvalue weighted by Gasteiger charge is -2.30. The third-order valence-electron chi connectivity index (χ3n) is 5.93. The van der Waals surface area contributed by atoms with Crippen LogP contribution >= 0.6 is 11.6 Å². The highest BCUT2D eigenvalue weighted by atomic mass is 35.5. The average molecular weight is 503 g/mol. The molecule has 34 heavy (non-hydrogen) atoms. The molecule has 5 rings (SSSR count). The molecular weight excluding hydrogens is 483 g/mol. The van der Waals surface area contributed by atoms with E-state index in [1.807, 2.05) is 12.1 Å². The molecule has 0 spiro atoms. The summed E-state index contributed by atoms with van der Waals surface area (Å²) in [5.41, 5.74) is 1.02. The van der Waals surface area contributed by atoms with Crippen molar-refractivity contribution >= 4 is 32.8 Å². The Bertz CT molecular complexity index is 1510. The third kappa shape index (κ3) is 4.22. The molecule has 9 nitrogen and oxygen atoms in total. The minimum absolute atomic E-state index is 0.136. The molecular formula is C22H20ClFN6O3S. The quantitative estimate of drug-likeness (QED) is 0.449. The molecule has 1 fully saturated rings. The van der Waals surface area contributed by atoms with Crippen LogP contribution in [0.5, 0.6) is 0 Å². The van der Waals surface area contributed by atoms with Crippen LogP contribution in [0.2, 0.25) is 5.02 Å². The molecule has 176 valence electrons. The maximum absolute atomic E-state index is 14.1. The summed E-state index contributed by atoms with van der Waals surface area (Å²) >= 11 is 5.94. The largest absolute Gasteiger partial charge is 0.308 e. The van der Waals surface area contributed by atoms with Crippen molar-refractivity contribution in [3.63, 3.8) is 0 Å². The number of hydrogen-bond donors (Lipinski definition) is 1. The number of sulfonamides is 1. The molecule has 2 aromatic heterocycles. The van der Waals surface area contributed by atoms with Gasteiger partial charge in [-0.2, -0.15) is 4.31 Å². The minimum Gasteiger partial charge on any atom is -0.308 e. The molecule has 4 aromatic rings. The zero-order valence-corrected chi connectivity index (χ0v) is 19.4. The van der Waals surface area contributed by atoms with Crippen LogP contribution in [0.1, 0.15) is 30.1 Å². The Labute approximate surface area is 199 Å². The monoisotopic (exact) mass is 502 g/mol. The molecule has 0 atom stereocenters. The van der Waals surface area contributed by atoms with Crippen LogP contribution in [0.4, 0.5) is 4.39 Å². The molecule has 0 radical (unpaired) electrons. The predicted molar refractivity (Wildman–Crippen MR) is 124 cm³/mol. The maximum Gasteiger partial charge on any atom is 0.281 e. The van der Waals surface area contributed by atoms with E-state index in [4.69, 9.17) is 11.6 Å². The van der Waals surface area contributed by atoms with Crippen LogP contribution in [0.15, 0.2) is 58.2 Å². The number of nitrogens with zero attached hydrogens (tertiary/aromatic N) is 5. The van der Waals surface area contributed by atoms with Gasteiger partial charge in [0, 0.05) is 24.0 Å². The van der Waals surface area contributed by atoms with Crippen LogP contribution in [0.3, 0.4) is 0 Å². The van der Waals surface area contributed by atoms with Crippen molar-refractivity contribution < 1.29 is 12.8 Å². The Hall–Kier alpha value is -3.15. The van der Waals surface area contributed by atoms with Crippen LogP contribution < -0.4 is 5.56 Å². The second-order valence-corrected chi connectivity index (χ2v) is 10.4. The van der Waals surface area contributed by atoms with Crippen LogP contribution in [0, 0.1) is 5.82 Å². The number of H-pyrrole nitrogens is 1. The summed E-state index contributed by atoms with van der Waals surface area (Å²) in [6.45, 7) is 0.736. The van der Waals surface area contributed by atoms with Crippen molar-refractivity contribution in [1.29, 1.82) is 0 Å². The molecule has 1 aliphatic rings. The van der Waals surface area contributed by atoms with Crippen molar-refractivity contribution in [2.24, 2.45) is 0 Å². The van der Waals surface area contributed by atoms with Crippen LogP contribution in [-0.2, 0) is 16.6 Å². The zero-order valence-electron chi connectivity index (χ0n) is 17.9. The normalized spacial score (nSPS) is 15.7. The SMILES string of the molecule is O=c1[nH]c(C2CCN(S(=O)(=O)c3ccccc3F)CC2)nc2c1nnn2Cc1ccc(Cl)cc1. The molecule has 0 unspecified atom stereocenters. The number of nitrogens with one attached hydrogen (secondary N) is 1. The van der Waals surface area contributed by atoms with Gasteiger partial charge in [0.2, 0.25) is 10.0 Å². The van der Waals surface area contributed by atoms with E-state index in [0.717, 1.165) is 11.6 Å². The van der Waals surface area contributed by atoms with Gasteiger partial charge in [-0.1, -0.05) is 41.1 Å². The molecule has 3 heterocycles. The van der Waals surface area contributed by atoms with E-state index < -0.39 is 21.4 Å². The molecule has 2 aromatic carbocycles. The fourth-order valence-electron chi connectivity index (χ4n) is 4.11. The van der Waals surface area contributed by atoms with Gasteiger partial charge in [0.05, 0.1) is 6.54 Å². The van der Waals surface area contributed by atoms with Gasteiger partial charge in [-0.3, -0.25) is 4.79 Å².